The van der Waals surface area contributed by atoms with Crippen LogP contribution in [0.2, 0.25) is 0 Å². The van der Waals surface area contributed by atoms with E-state index in [1.165, 1.54) is 0 Å². The molecule has 0 heterocycles. The molecule has 0 aromatic rings. The number of ether oxygens (including phenoxy) is 1. The topological polar surface area (TPSA) is 12.5 Å². The second-order valence-electron chi connectivity index (χ2n) is 6.31. The van der Waals surface area contributed by atoms with E-state index in [-0.39, 0.29) is 11.8 Å². The molecule has 0 aliphatic heterocycles. The van der Waals surface area contributed by atoms with Crippen LogP contribution in [0.5, 0.6) is 0 Å². The van der Waals surface area contributed by atoms with Crippen molar-refractivity contribution in [2.45, 2.75) is 60.3 Å². The lowest BCUT2D eigenvalue weighted by atomic mass is 9.96. The zero-order valence-electron chi connectivity index (χ0n) is 11.1. The van der Waals surface area contributed by atoms with Gasteiger partial charge in [-0.25, -0.2) is 0 Å². The Morgan fingerprint density at radius 2 is 1.50 bits per heavy atom. The molecule has 0 amide bonds. The molecule has 86 valence electrons. The van der Waals surface area contributed by atoms with Crippen molar-refractivity contribution >= 4 is 0 Å². The molecule has 0 saturated carbocycles. The van der Waals surface area contributed by atoms with Crippen LogP contribution < -0.4 is 0 Å². The van der Waals surface area contributed by atoms with E-state index in [1.807, 2.05) is 0 Å². The van der Waals surface area contributed by atoms with Crippen LogP contribution in [0, 0.1) is 5.41 Å². The molecule has 2 nitrogen and oxygen atoms in total. The third kappa shape index (κ3) is 7.34. The lowest BCUT2D eigenvalue weighted by Gasteiger charge is -2.35. The van der Waals surface area contributed by atoms with E-state index in [4.69, 9.17) is 4.74 Å². The normalized spacial score (nSPS) is 16.1. The van der Waals surface area contributed by atoms with Crippen molar-refractivity contribution in [2.24, 2.45) is 5.41 Å². The SMILES string of the molecule is CC(OC(C)(C)C)N(C)CC(C)(C)C. The van der Waals surface area contributed by atoms with Crippen LogP contribution in [0.1, 0.15) is 48.5 Å². The smallest absolute Gasteiger partial charge is 0.108 e. The van der Waals surface area contributed by atoms with E-state index in [0.29, 0.717) is 5.41 Å². The van der Waals surface area contributed by atoms with Gasteiger partial charge in [0.2, 0.25) is 0 Å². The standard InChI is InChI=1S/C12H27NO/c1-10(14-12(5,6)7)13(8)9-11(2,3)4/h10H,9H2,1-8H3. The fourth-order valence-electron chi connectivity index (χ4n) is 1.48. The van der Waals surface area contributed by atoms with Crippen LogP contribution in [-0.4, -0.2) is 30.3 Å². The number of rotatable bonds is 3. The van der Waals surface area contributed by atoms with Crippen LogP contribution >= 0.6 is 0 Å². The molecule has 0 radical (unpaired) electrons. The van der Waals surface area contributed by atoms with Crippen molar-refractivity contribution in [3.05, 3.63) is 0 Å². The van der Waals surface area contributed by atoms with Gasteiger partial charge in [0.25, 0.3) is 0 Å². The average Bonchev–Trinajstić information content (AvgIpc) is 1.78. The Morgan fingerprint density at radius 3 is 1.79 bits per heavy atom. The first kappa shape index (κ1) is 13.9. The summed E-state index contributed by atoms with van der Waals surface area (Å²) in [5.41, 5.74) is 0.260. The third-order valence-electron chi connectivity index (χ3n) is 1.87. The quantitative estimate of drug-likeness (QED) is 0.650. The molecule has 0 fully saturated rings. The van der Waals surface area contributed by atoms with Crippen molar-refractivity contribution < 1.29 is 4.74 Å². The van der Waals surface area contributed by atoms with Gasteiger partial charge in [-0.1, -0.05) is 20.8 Å². The Morgan fingerprint density at radius 1 is 1.07 bits per heavy atom. The molecule has 0 aromatic heterocycles. The van der Waals surface area contributed by atoms with Gasteiger partial charge in [-0.2, -0.15) is 0 Å². The third-order valence-corrected chi connectivity index (χ3v) is 1.87. The summed E-state index contributed by atoms with van der Waals surface area (Å²) in [6.45, 7) is 16.2. The van der Waals surface area contributed by atoms with Gasteiger partial charge in [0.1, 0.15) is 6.23 Å². The van der Waals surface area contributed by atoms with Crippen LogP contribution in [0.4, 0.5) is 0 Å². The molecular weight excluding hydrogens is 174 g/mol. The molecule has 0 bridgehead atoms. The highest BCUT2D eigenvalue weighted by Gasteiger charge is 2.21. The maximum atomic E-state index is 5.87. The van der Waals surface area contributed by atoms with Crippen LogP contribution in [-0.2, 0) is 4.74 Å². The molecule has 0 aliphatic carbocycles. The van der Waals surface area contributed by atoms with Crippen LogP contribution in [0.25, 0.3) is 0 Å². The van der Waals surface area contributed by atoms with Gasteiger partial charge in [-0.3, -0.25) is 4.90 Å². The minimum absolute atomic E-state index is 0.0639. The summed E-state index contributed by atoms with van der Waals surface area (Å²) < 4.78 is 5.87. The number of hydrogen-bond donors (Lipinski definition) is 0. The summed E-state index contributed by atoms with van der Waals surface area (Å²) in [4.78, 5) is 2.26. The minimum atomic E-state index is -0.0639. The molecule has 14 heavy (non-hydrogen) atoms. The molecule has 1 unspecified atom stereocenters. The Hall–Kier alpha value is -0.0800. The van der Waals surface area contributed by atoms with Gasteiger partial charge >= 0.3 is 0 Å². The molecule has 0 aliphatic rings. The summed E-state index contributed by atoms with van der Waals surface area (Å²) in [6.07, 6.45) is 0.175. The Balaban J connectivity index is 4.07. The highest BCUT2D eigenvalue weighted by atomic mass is 16.5. The predicted molar refractivity (Wildman–Crippen MR) is 62.4 cm³/mol. The van der Waals surface area contributed by atoms with Gasteiger partial charge in [-0.05, 0) is 40.2 Å². The van der Waals surface area contributed by atoms with E-state index >= 15 is 0 Å². The number of hydrogen-bond acceptors (Lipinski definition) is 2. The first-order valence-corrected chi connectivity index (χ1v) is 5.39. The maximum absolute atomic E-state index is 5.87. The summed E-state index contributed by atoms with van der Waals surface area (Å²) in [7, 11) is 2.11. The maximum Gasteiger partial charge on any atom is 0.108 e. The van der Waals surface area contributed by atoms with Crippen molar-refractivity contribution in [1.29, 1.82) is 0 Å². The highest BCUT2D eigenvalue weighted by Crippen LogP contribution is 2.18. The van der Waals surface area contributed by atoms with Gasteiger partial charge < -0.3 is 4.74 Å². The van der Waals surface area contributed by atoms with E-state index in [0.717, 1.165) is 6.54 Å². The molecule has 0 spiro atoms. The Labute approximate surface area is 89.6 Å². The fraction of sp³-hybridized carbons (Fsp3) is 1.00. The summed E-state index contributed by atoms with van der Waals surface area (Å²) in [5.74, 6) is 0. The van der Waals surface area contributed by atoms with E-state index in [1.54, 1.807) is 0 Å². The van der Waals surface area contributed by atoms with Crippen molar-refractivity contribution in [1.82, 2.24) is 4.90 Å². The van der Waals surface area contributed by atoms with Crippen molar-refractivity contribution in [3.63, 3.8) is 0 Å². The summed E-state index contributed by atoms with van der Waals surface area (Å²) in [5, 5.41) is 0. The number of nitrogens with zero attached hydrogens (tertiary/aromatic N) is 1. The van der Waals surface area contributed by atoms with Gasteiger partial charge in [-0.15, -0.1) is 0 Å². The van der Waals surface area contributed by atoms with E-state index in [2.05, 4.69) is 60.4 Å². The zero-order valence-corrected chi connectivity index (χ0v) is 11.1. The summed E-state index contributed by atoms with van der Waals surface area (Å²) in [6, 6.07) is 0. The first-order valence-electron chi connectivity index (χ1n) is 5.39. The molecule has 0 rings (SSSR count). The molecular formula is C12H27NO. The zero-order chi connectivity index (χ0) is 11.6. The lowest BCUT2D eigenvalue weighted by Crippen LogP contribution is -2.41. The van der Waals surface area contributed by atoms with Crippen molar-refractivity contribution in [3.8, 4) is 0 Å². The van der Waals surface area contributed by atoms with Gasteiger partial charge in [0.05, 0.1) is 5.60 Å². The van der Waals surface area contributed by atoms with Crippen LogP contribution in [0.15, 0.2) is 0 Å². The van der Waals surface area contributed by atoms with Gasteiger partial charge in [0.15, 0.2) is 0 Å². The van der Waals surface area contributed by atoms with Gasteiger partial charge in [0, 0.05) is 6.54 Å². The van der Waals surface area contributed by atoms with E-state index in [9.17, 15) is 0 Å². The lowest BCUT2D eigenvalue weighted by molar-refractivity contribution is -0.121. The predicted octanol–water partition coefficient (Wildman–Crippen LogP) is 3.13. The molecule has 1 atom stereocenters. The molecule has 2 heteroatoms. The minimum Gasteiger partial charge on any atom is -0.358 e. The largest absolute Gasteiger partial charge is 0.358 e. The summed E-state index contributed by atoms with van der Waals surface area (Å²) >= 11 is 0. The molecule has 0 aromatic carbocycles. The van der Waals surface area contributed by atoms with E-state index < -0.39 is 0 Å². The fourth-order valence-corrected chi connectivity index (χ4v) is 1.48. The van der Waals surface area contributed by atoms with Crippen molar-refractivity contribution in [2.75, 3.05) is 13.6 Å². The van der Waals surface area contributed by atoms with Crippen LogP contribution in [0.3, 0.4) is 0 Å². The highest BCUT2D eigenvalue weighted by molar-refractivity contribution is 4.69. The molecule has 0 saturated heterocycles. The Bertz CT molecular complexity index is 144. The average molecular weight is 201 g/mol. The Kier molecular flexibility index (Phi) is 4.60. The molecule has 0 N–H and O–H groups in total. The monoisotopic (exact) mass is 201 g/mol. The second kappa shape index (κ2) is 4.63. The second-order valence-corrected chi connectivity index (χ2v) is 6.31. The first-order chi connectivity index (χ1) is 6.01.